The molecule has 17 heavy (non-hydrogen) atoms. The Balaban J connectivity index is 2.10. The molecule has 0 aromatic carbocycles. The van der Waals surface area contributed by atoms with Crippen LogP contribution in [0.4, 0.5) is 0 Å². The van der Waals surface area contributed by atoms with Gasteiger partial charge in [-0.2, -0.15) is 0 Å². The monoisotopic (exact) mass is 234 g/mol. The molecule has 0 radical (unpaired) electrons. The van der Waals surface area contributed by atoms with Crippen molar-refractivity contribution in [3.8, 4) is 5.88 Å². The summed E-state index contributed by atoms with van der Waals surface area (Å²) in [6.07, 6.45) is 2.64. The molecule has 1 aliphatic rings. The standard InChI is InChI=1S/C14H22N2O/c1-4-17-14-8-11(9-15-12-5-6-12)7-13(16-14)10(2)3/h7-8,10,12,15H,4-6,9H2,1-3H3. The average Bonchev–Trinajstić information content (AvgIpc) is 3.10. The molecule has 1 aliphatic carbocycles. The Morgan fingerprint density at radius 2 is 2.18 bits per heavy atom. The zero-order valence-corrected chi connectivity index (χ0v) is 11.0. The minimum Gasteiger partial charge on any atom is -0.478 e. The average molecular weight is 234 g/mol. The first kappa shape index (κ1) is 12.4. The van der Waals surface area contributed by atoms with Crippen LogP contribution < -0.4 is 10.1 Å². The van der Waals surface area contributed by atoms with Gasteiger partial charge in [-0.05, 0) is 37.3 Å². The van der Waals surface area contributed by atoms with Crippen molar-refractivity contribution in [2.75, 3.05) is 6.61 Å². The van der Waals surface area contributed by atoms with Crippen LogP contribution in [0, 0.1) is 0 Å². The number of ether oxygens (including phenoxy) is 1. The van der Waals surface area contributed by atoms with E-state index >= 15 is 0 Å². The molecule has 1 saturated carbocycles. The van der Waals surface area contributed by atoms with Crippen LogP contribution in [0.1, 0.15) is 50.8 Å². The fourth-order valence-corrected chi connectivity index (χ4v) is 1.75. The van der Waals surface area contributed by atoms with Gasteiger partial charge in [0.15, 0.2) is 0 Å². The van der Waals surface area contributed by atoms with Crippen LogP contribution in [-0.2, 0) is 6.54 Å². The number of hydrogen-bond acceptors (Lipinski definition) is 3. The van der Waals surface area contributed by atoms with Crippen molar-refractivity contribution < 1.29 is 4.74 Å². The highest BCUT2D eigenvalue weighted by Gasteiger charge is 2.20. The predicted octanol–water partition coefficient (Wildman–Crippen LogP) is 2.86. The van der Waals surface area contributed by atoms with Crippen molar-refractivity contribution in [3.63, 3.8) is 0 Å². The number of pyridine rings is 1. The summed E-state index contributed by atoms with van der Waals surface area (Å²) in [5.74, 6) is 1.20. The Kier molecular flexibility index (Phi) is 4.00. The van der Waals surface area contributed by atoms with E-state index < -0.39 is 0 Å². The van der Waals surface area contributed by atoms with Crippen molar-refractivity contribution >= 4 is 0 Å². The molecule has 0 aliphatic heterocycles. The Hall–Kier alpha value is -1.09. The molecule has 1 N–H and O–H groups in total. The van der Waals surface area contributed by atoms with E-state index in [2.05, 4.69) is 30.2 Å². The lowest BCUT2D eigenvalue weighted by molar-refractivity contribution is 0.325. The van der Waals surface area contributed by atoms with E-state index in [0.29, 0.717) is 12.5 Å². The van der Waals surface area contributed by atoms with Gasteiger partial charge in [-0.15, -0.1) is 0 Å². The largest absolute Gasteiger partial charge is 0.478 e. The zero-order chi connectivity index (χ0) is 12.3. The Labute approximate surface area is 104 Å². The smallest absolute Gasteiger partial charge is 0.213 e. The Morgan fingerprint density at radius 3 is 2.76 bits per heavy atom. The number of hydrogen-bond donors (Lipinski definition) is 1. The third-order valence-electron chi connectivity index (χ3n) is 2.94. The van der Waals surface area contributed by atoms with E-state index in [0.717, 1.165) is 24.2 Å². The van der Waals surface area contributed by atoms with Crippen molar-refractivity contribution in [1.82, 2.24) is 10.3 Å². The second-order valence-electron chi connectivity index (χ2n) is 4.98. The molecular weight excluding hydrogens is 212 g/mol. The van der Waals surface area contributed by atoms with Gasteiger partial charge in [0.2, 0.25) is 5.88 Å². The highest BCUT2D eigenvalue weighted by Crippen LogP contribution is 2.22. The van der Waals surface area contributed by atoms with Crippen molar-refractivity contribution in [1.29, 1.82) is 0 Å². The summed E-state index contributed by atoms with van der Waals surface area (Å²) in [7, 11) is 0. The summed E-state index contributed by atoms with van der Waals surface area (Å²) in [5, 5.41) is 3.53. The van der Waals surface area contributed by atoms with Gasteiger partial charge in [-0.25, -0.2) is 4.98 Å². The van der Waals surface area contributed by atoms with Gasteiger partial charge < -0.3 is 10.1 Å². The zero-order valence-electron chi connectivity index (χ0n) is 11.0. The second-order valence-corrected chi connectivity index (χ2v) is 4.98. The van der Waals surface area contributed by atoms with Crippen LogP contribution in [0.3, 0.4) is 0 Å². The normalized spacial score (nSPS) is 15.3. The third-order valence-corrected chi connectivity index (χ3v) is 2.94. The van der Waals surface area contributed by atoms with Crippen molar-refractivity contribution in [2.45, 2.75) is 52.1 Å². The van der Waals surface area contributed by atoms with E-state index in [1.165, 1.54) is 18.4 Å². The van der Waals surface area contributed by atoms with Gasteiger partial charge in [0.25, 0.3) is 0 Å². The van der Waals surface area contributed by atoms with Gasteiger partial charge in [0.05, 0.1) is 6.61 Å². The topological polar surface area (TPSA) is 34.1 Å². The first-order valence-electron chi connectivity index (χ1n) is 6.56. The molecule has 0 unspecified atom stereocenters. The summed E-state index contributed by atoms with van der Waals surface area (Å²) in [6, 6.07) is 4.97. The fraction of sp³-hybridized carbons (Fsp3) is 0.643. The Bertz CT molecular complexity index is 372. The molecule has 1 aromatic rings. The molecule has 0 atom stereocenters. The van der Waals surface area contributed by atoms with E-state index in [1.54, 1.807) is 0 Å². The molecule has 1 fully saturated rings. The molecule has 0 bridgehead atoms. The second kappa shape index (κ2) is 5.50. The van der Waals surface area contributed by atoms with Crippen LogP contribution in [0.15, 0.2) is 12.1 Å². The van der Waals surface area contributed by atoms with E-state index in [4.69, 9.17) is 4.74 Å². The minimum absolute atomic E-state index is 0.440. The molecule has 94 valence electrons. The number of nitrogens with zero attached hydrogens (tertiary/aromatic N) is 1. The first-order valence-corrected chi connectivity index (χ1v) is 6.56. The van der Waals surface area contributed by atoms with E-state index in [9.17, 15) is 0 Å². The minimum atomic E-state index is 0.440. The summed E-state index contributed by atoms with van der Waals surface area (Å²) in [4.78, 5) is 4.52. The fourth-order valence-electron chi connectivity index (χ4n) is 1.75. The van der Waals surface area contributed by atoms with Crippen molar-refractivity contribution in [2.24, 2.45) is 0 Å². The molecule has 3 nitrogen and oxygen atoms in total. The highest BCUT2D eigenvalue weighted by atomic mass is 16.5. The van der Waals surface area contributed by atoms with Gasteiger partial charge in [0, 0.05) is 24.3 Å². The maximum Gasteiger partial charge on any atom is 0.213 e. The van der Waals surface area contributed by atoms with Crippen LogP contribution in [0.5, 0.6) is 5.88 Å². The van der Waals surface area contributed by atoms with Crippen molar-refractivity contribution in [3.05, 3.63) is 23.4 Å². The van der Waals surface area contributed by atoms with Crippen LogP contribution in [-0.4, -0.2) is 17.6 Å². The molecule has 0 saturated heterocycles. The SMILES string of the molecule is CCOc1cc(CNC2CC2)cc(C(C)C)n1. The third kappa shape index (κ3) is 3.70. The Morgan fingerprint density at radius 1 is 1.41 bits per heavy atom. The molecule has 1 heterocycles. The first-order chi connectivity index (χ1) is 8.19. The lowest BCUT2D eigenvalue weighted by Crippen LogP contribution is -2.16. The number of aromatic nitrogens is 1. The molecule has 1 aromatic heterocycles. The maximum absolute atomic E-state index is 5.52. The molecule has 0 spiro atoms. The quantitative estimate of drug-likeness (QED) is 0.822. The van der Waals surface area contributed by atoms with Crippen LogP contribution in [0.2, 0.25) is 0 Å². The molecule has 3 heteroatoms. The van der Waals surface area contributed by atoms with Gasteiger partial charge in [-0.1, -0.05) is 13.8 Å². The lowest BCUT2D eigenvalue weighted by atomic mass is 10.1. The van der Waals surface area contributed by atoms with Gasteiger partial charge in [0.1, 0.15) is 0 Å². The highest BCUT2D eigenvalue weighted by molar-refractivity contribution is 5.26. The van der Waals surface area contributed by atoms with Gasteiger partial charge in [-0.3, -0.25) is 0 Å². The number of rotatable bonds is 6. The molecule has 2 rings (SSSR count). The van der Waals surface area contributed by atoms with E-state index in [-0.39, 0.29) is 0 Å². The summed E-state index contributed by atoms with van der Waals surface area (Å²) in [6.45, 7) is 7.91. The summed E-state index contributed by atoms with van der Waals surface area (Å²) >= 11 is 0. The van der Waals surface area contributed by atoms with Crippen LogP contribution in [0.25, 0.3) is 0 Å². The lowest BCUT2D eigenvalue weighted by Gasteiger charge is -2.11. The van der Waals surface area contributed by atoms with Crippen LogP contribution >= 0.6 is 0 Å². The summed E-state index contributed by atoms with van der Waals surface area (Å²) < 4.78 is 5.52. The summed E-state index contributed by atoms with van der Waals surface area (Å²) in [5.41, 5.74) is 2.39. The van der Waals surface area contributed by atoms with E-state index in [1.807, 2.05) is 13.0 Å². The molecule has 0 amide bonds. The maximum atomic E-state index is 5.52. The number of nitrogens with one attached hydrogen (secondary N) is 1. The predicted molar refractivity (Wildman–Crippen MR) is 69.4 cm³/mol. The molecular formula is C14H22N2O. The van der Waals surface area contributed by atoms with Gasteiger partial charge >= 0.3 is 0 Å².